The van der Waals surface area contributed by atoms with Crippen LogP contribution in [0.2, 0.25) is 0 Å². The van der Waals surface area contributed by atoms with Gasteiger partial charge in [0.15, 0.2) is 5.96 Å². The van der Waals surface area contributed by atoms with Crippen molar-refractivity contribution in [3.05, 3.63) is 28.8 Å². The van der Waals surface area contributed by atoms with Crippen LogP contribution in [0.25, 0.3) is 0 Å². The van der Waals surface area contributed by atoms with Gasteiger partial charge in [-0.15, -0.1) is 0 Å². The van der Waals surface area contributed by atoms with Crippen molar-refractivity contribution in [1.82, 2.24) is 15.5 Å². The number of hydrogen-bond acceptors (Lipinski definition) is 4. The molecule has 1 aromatic rings. The van der Waals surface area contributed by atoms with Gasteiger partial charge in [-0.2, -0.15) is 0 Å². The number of alkyl carbamates (subject to hydrolysis) is 1. The highest BCUT2D eigenvalue weighted by atomic mass is 16.6. The normalized spacial score (nSPS) is 17.6. The van der Waals surface area contributed by atoms with Crippen LogP contribution in [0.15, 0.2) is 17.1 Å². The monoisotopic (exact) mass is 390 g/mol. The molecule has 0 saturated carbocycles. The molecule has 1 atom stereocenters. The second-order valence-corrected chi connectivity index (χ2v) is 8.33. The molecular weight excluding hydrogens is 356 g/mol. The lowest BCUT2D eigenvalue weighted by Gasteiger charge is -2.23. The second-order valence-electron chi connectivity index (χ2n) is 8.33. The van der Waals surface area contributed by atoms with Gasteiger partial charge in [-0.1, -0.05) is 12.1 Å². The molecule has 1 aromatic carbocycles. The van der Waals surface area contributed by atoms with Crippen molar-refractivity contribution in [3.63, 3.8) is 0 Å². The summed E-state index contributed by atoms with van der Waals surface area (Å²) in [5.74, 6) is 1.18. The predicted octanol–water partition coefficient (Wildman–Crippen LogP) is 3.07. The standard InChI is InChI=1S/C21H34N4O3/c1-7-22-19(23-12-16-10-14(2)18(26)15(3)11-16)25-9-8-17(13-25)24-20(27)28-21(4,5)6/h10-11,17,26H,7-9,12-13H2,1-6H3,(H,22,23)(H,24,27). The highest BCUT2D eigenvalue weighted by molar-refractivity contribution is 5.80. The number of aliphatic imine (C=N–C) groups is 1. The van der Waals surface area contributed by atoms with Crippen LogP contribution < -0.4 is 10.6 Å². The molecule has 1 unspecified atom stereocenters. The van der Waals surface area contributed by atoms with Gasteiger partial charge < -0.3 is 25.4 Å². The summed E-state index contributed by atoms with van der Waals surface area (Å²) < 4.78 is 5.35. The maximum atomic E-state index is 12.0. The Hall–Kier alpha value is -2.44. The number of carbonyl (C=O) groups is 1. The number of aromatic hydroxyl groups is 1. The summed E-state index contributed by atoms with van der Waals surface area (Å²) in [6, 6.07) is 3.97. The van der Waals surface area contributed by atoms with Crippen LogP contribution in [0.5, 0.6) is 5.75 Å². The fourth-order valence-corrected chi connectivity index (χ4v) is 3.27. The van der Waals surface area contributed by atoms with E-state index in [-0.39, 0.29) is 12.1 Å². The first kappa shape index (κ1) is 21.9. The van der Waals surface area contributed by atoms with Crippen LogP contribution in [0.3, 0.4) is 0 Å². The zero-order valence-electron chi connectivity index (χ0n) is 17.9. The Balaban J connectivity index is 2.00. The van der Waals surface area contributed by atoms with Crippen molar-refractivity contribution >= 4 is 12.1 Å². The molecule has 28 heavy (non-hydrogen) atoms. The number of carbonyl (C=O) groups excluding carboxylic acids is 1. The van der Waals surface area contributed by atoms with Crippen LogP contribution in [0.1, 0.15) is 50.8 Å². The lowest BCUT2D eigenvalue weighted by molar-refractivity contribution is 0.0507. The molecule has 7 nitrogen and oxygen atoms in total. The summed E-state index contributed by atoms with van der Waals surface area (Å²) in [5.41, 5.74) is 2.28. The molecule has 3 N–H and O–H groups in total. The Bertz CT molecular complexity index is 702. The molecule has 0 spiro atoms. The van der Waals surface area contributed by atoms with E-state index in [2.05, 4.69) is 15.5 Å². The molecule has 1 fully saturated rings. The number of rotatable bonds is 4. The quantitative estimate of drug-likeness (QED) is 0.543. The van der Waals surface area contributed by atoms with E-state index in [9.17, 15) is 9.90 Å². The Labute approximate surface area is 168 Å². The van der Waals surface area contributed by atoms with E-state index >= 15 is 0 Å². The van der Waals surface area contributed by atoms with Crippen molar-refractivity contribution < 1.29 is 14.6 Å². The van der Waals surface area contributed by atoms with Crippen LogP contribution in [-0.4, -0.2) is 53.3 Å². The number of likely N-dealkylation sites (tertiary alicyclic amines) is 1. The number of nitrogens with zero attached hydrogens (tertiary/aromatic N) is 2. The molecular formula is C21H34N4O3. The predicted molar refractivity (Wildman–Crippen MR) is 112 cm³/mol. The Morgan fingerprint density at radius 3 is 2.54 bits per heavy atom. The van der Waals surface area contributed by atoms with Crippen molar-refractivity contribution in [2.24, 2.45) is 4.99 Å². The number of phenols is 1. The minimum atomic E-state index is -0.501. The number of benzene rings is 1. The number of aryl methyl sites for hydroxylation is 2. The zero-order valence-corrected chi connectivity index (χ0v) is 17.9. The van der Waals surface area contributed by atoms with Crippen LogP contribution in [0.4, 0.5) is 4.79 Å². The molecule has 0 bridgehead atoms. The Morgan fingerprint density at radius 1 is 1.32 bits per heavy atom. The summed E-state index contributed by atoms with van der Waals surface area (Å²) in [7, 11) is 0. The molecule has 0 radical (unpaired) electrons. The maximum Gasteiger partial charge on any atom is 0.407 e. The molecule has 7 heteroatoms. The van der Waals surface area contributed by atoms with Crippen LogP contribution in [-0.2, 0) is 11.3 Å². The van der Waals surface area contributed by atoms with Crippen LogP contribution >= 0.6 is 0 Å². The third-order valence-electron chi connectivity index (χ3n) is 4.51. The number of guanidine groups is 1. The van der Waals surface area contributed by atoms with Gasteiger partial charge in [0.1, 0.15) is 11.4 Å². The van der Waals surface area contributed by atoms with Gasteiger partial charge in [0, 0.05) is 19.6 Å². The number of hydrogen-bond donors (Lipinski definition) is 3. The van der Waals surface area contributed by atoms with Gasteiger partial charge in [-0.3, -0.25) is 0 Å². The number of nitrogens with one attached hydrogen (secondary N) is 2. The summed E-state index contributed by atoms with van der Waals surface area (Å²) in [5, 5.41) is 16.2. The maximum absolute atomic E-state index is 12.0. The topological polar surface area (TPSA) is 86.2 Å². The minimum Gasteiger partial charge on any atom is -0.507 e. The van der Waals surface area contributed by atoms with Crippen molar-refractivity contribution in [2.45, 2.75) is 66.2 Å². The van der Waals surface area contributed by atoms with E-state index in [0.29, 0.717) is 18.8 Å². The van der Waals surface area contributed by atoms with Crippen molar-refractivity contribution in [3.8, 4) is 5.75 Å². The van der Waals surface area contributed by atoms with E-state index in [0.717, 1.165) is 42.2 Å². The Morgan fingerprint density at radius 2 is 1.96 bits per heavy atom. The smallest absolute Gasteiger partial charge is 0.407 e. The summed E-state index contributed by atoms with van der Waals surface area (Å²) in [6.45, 7) is 14.2. The van der Waals surface area contributed by atoms with E-state index in [4.69, 9.17) is 9.73 Å². The summed E-state index contributed by atoms with van der Waals surface area (Å²) in [4.78, 5) is 18.9. The third-order valence-corrected chi connectivity index (χ3v) is 4.51. The molecule has 0 aliphatic carbocycles. The SMILES string of the molecule is CCNC(=NCc1cc(C)c(O)c(C)c1)N1CCC(NC(=O)OC(C)(C)C)C1. The van der Waals surface area contributed by atoms with E-state index in [1.54, 1.807) is 0 Å². The average Bonchev–Trinajstić information content (AvgIpc) is 3.02. The summed E-state index contributed by atoms with van der Waals surface area (Å²) in [6.07, 6.45) is 0.470. The Kier molecular flexibility index (Phi) is 7.16. The highest BCUT2D eigenvalue weighted by Crippen LogP contribution is 2.23. The molecule has 1 heterocycles. The van der Waals surface area contributed by atoms with Gasteiger partial charge in [0.2, 0.25) is 0 Å². The van der Waals surface area contributed by atoms with E-state index < -0.39 is 5.60 Å². The van der Waals surface area contributed by atoms with Crippen molar-refractivity contribution in [2.75, 3.05) is 19.6 Å². The van der Waals surface area contributed by atoms with Crippen molar-refractivity contribution in [1.29, 1.82) is 0 Å². The van der Waals surface area contributed by atoms with Crippen LogP contribution in [0, 0.1) is 13.8 Å². The highest BCUT2D eigenvalue weighted by Gasteiger charge is 2.27. The average molecular weight is 391 g/mol. The lowest BCUT2D eigenvalue weighted by atomic mass is 10.1. The molecule has 1 aliphatic rings. The van der Waals surface area contributed by atoms with E-state index in [1.165, 1.54) is 0 Å². The fourth-order valence-electron chi connectivity index (χ4n) is 3.27. The molecule has 2 rings (SSSR count). The molecule has 156 valence electrons. The first-order valence-corrected chi connectivity index (χ1v) is 9.91. The van der Waals surface area contributed by atoms with Gasteiger partial charge >= 0.3 is 6.09 Å². The van der Waals surface area contributed by atoms with Gasteiger partial charge in [-0.05, 0) is 64.7 Å². The molecule has 0 aromatic heterocycles. The van der Waals surface area contributed by atoms with Gasteiger partial charge in [0.05, 0.1) is 12.6 Å². The molecule has 1 saturated heterocycles. The summed E-state index contributed by atoms with van der Waals surface area (Å²) >= 11 is 0. The lowest BCUT2D eigenvalue weighted by Crippen LogP contribution is -2.44. The largest absolute Gasteiger partial charge is 0.507 e. The van der Waals surface area contributed by atoms with E-state index in [1.807, 2.05) is 53.7 Å². The molecule has 1 aliphatic heterocycles. The number of amides is 1. The number of ether oxygens (including phenoxy) is 1. The first-order chi connectivity index (χ1) is 13.1. The zero-order chi connectivity index (χ0) is 20.9. The van der Waals surface area contributed by atoms with Gasteiger partial charge in [-0.25, -0.2) is 9.79 Å². The third kappa shape index (κ3) is 6.32. The fraction of sp³-hybridized carbons (Fsp3) is 0.619. The molecule has 1 amide bonds. The number of phenolic OH excluding ortho intramolecular Hbond substituents is 1. The minimum absolute atomic E-state index is 0.0388. The van der Waals surface area contributed by atoms with Gasteiger partial charge in [0.25, 0.3) is 0 Å². The first-order valence-electron chi connectivity index (χ1n) is 9.91. The second kappa shape index (κ2) is 9.17.